The van der Waals surface area contributed by atoms with E-state index in [-0.39, 0.29) is 0 Å². The van der Waals surface area contributed by atoms with Crippen LogP contribution in [-0.4, -0.2) is 48.2 Å². The summed E-state index contributed by atoms with van der Waals surface area (Å²) in [5, 5.41) is 4.37. The molecule has 26 heavy (non-hydrogen) atoms. The lowest BCUT2D eigenvalue weighted by Gasteiger charge is -2.38. The number of hydrogen-bond donors (Lipinski definition) is 0. The van der Waals surface area contributed by atoms with Crippen LogP contribution >= 0.6 is 0 Å². The molecule has 1 unspecified atom stereocenters. The predicted molar refractivity (Wildman–Crippen MR) is 101 cm³/mol. The zero-order valence-corrected chi connectivity index (χ0v) is 15.9. The SMILES string of the molecule is COc1cccc(C(C)N2CCN(Cc3noc4c3CCCC4)CC2)c1. The summed E-state index contributed by atoms with van der Waals surface area (Å²) < 4.78 is 10.9. The number of benzene rings is 1. The molecule has 140 valence electrons. The largest absolute Gasteiger partial charge is 0.497 e. The van der Waals surface area contributed by atoms with Crippen molar-refractivity contribution >= 4 is 0 Å². The van der Waals surface area contributed by atoms with Gasteiger partial charge >= 0.3 is 0 Å². The normalized spacial score (nSPS) is 19.9. The average molecular weight is 355 g/mol. The Labute approximate surface area is 155 Å². The van der Waals surface area contributed by atoms with Gasteiger partial charge in [0.25, 0.3) is 0 Å². The van der Waals surface area contributed by atoms with Gasteiger partial charge in [0.2, 0.25) is 0 Å². The molecular formula is C21H29N3O2. The fourth-order valence-electron chi connectivity index (χ4n) is 4.21. The van der Waals surface area contributed by atoms with Gasteiger partial charge in [0, 0.05) is 50.7 Å². The number of nitrogens with zero attached hydrogens (tertiary/aromatic N) is 3. The van der Waals surface area contributed by atoms with Gasteiger partial charge in [0.05, 0.1) is 7.11 Å². The van der Waals surface area contributed by atoms with Crippen LogP contribution in [0.4, 0.5) is 0 Å². The summed E-state index contributed by atoms with van der Waals surface area (Å²) >= 11 is 0. The van der Waals surface area contributed by atoms with Gasteiger partial charge in [-0.1, -0.05) is 17.3 Å². The molecule has 1 fully saturated rings. The number of methoxy groups -OCH3 is 1. The van der Waals surface area contributed by atoms with Gasteiger partial charge in [0.1, 0.15) is 17.2 Å². The molecule has 5 nitrogen and oxygen atoms in total. The Balaban J connectivity index is 1.34. The third kappa shape index (κ3) is 3.64. The first-order chi connectivity index (χ1) is 12.7. The van der Waals surface area contributed by atoms with Gasteiger partial charge in [-0.3, -0.25) is 9.80 Å². The molecule has 0 bridgehead atoms. The molecule has 1 aliphatic carbocycles. The molecule has 0 radical (unpaired) electrons. The van der Waals surface area contributed by atoms with Crippen molar-refractivity contribution in [3.8, 4) is 5.75 Å². The summed E-state index contributed by atoms with van der Waals surface area (Å²) in [5.74, 6) is 2.07. The van der Waals surface area contributed by atoms with E-state index in [9.17, 15) is 0 Å². The summed E-state index contributed by atoms with van der Waals surface area (Å²) in [6.45, 7) is 7.54. The zero-order chi connectivity index (χ0) is 17.9. The Bertz CT molecular complexity index is 735. The zero-order valence-electron chi connectivity index (χ0n) is 15.9. The van der Waals surface area contributed by atoms with E-state index in [1.54, 1.807) is 7.11 Å². The van der Waals surface area contributed by atoms with Crippen LogP contribution in [0.2, 0.25) is 0 Å². The molecular weight excluding hydrogens is 326 g/mol. The van der Waals surface area contributed by atoms with Crippen LogP contribution in [0.1, 0.15) is 48.4 Å². The Kier molecular flexibility index (Phi) is 5.27. The Morgan fingerprint density at radius 1 is 1.15 bits per heavy atom. The van der Waals surface area contributed by atoms with E-state index < -0.39 is 0 Å². The van der Waals surface area contributed by atoms with Gasteiger partial charge in [0.15, 0.2) is 0 Å². The van der Waals surface area contributed by atoms with E-state index in [0.717, 1.165) is 57.1 Å². The van der Waals surface area contributed by atoms with Gasteiger partial charge in [-0.25, -0.2) is 0 Å². The second-order valence-electron chi connectivity index (χ2n) is 7.50. The lowest BCUT2D eigenvalue weighted by atomic mass is 9.96. The Hall–Kier alpha value is -1.85. The minimum atomic E-state index is 0.409. The van der Waals surface area contributed by atoms with Crippen molar-refractivity contribution < 1.29 is 9.26 Å². The maximum absolute atomic E-state index is 5.57. The highest BCUT2D eigenvalue weighted by Crippen LogP contribution is 2.27. The average Bonchev–Trinajstić information content (AvgIpc) is 3.11. The molecule has 1 aromatic heterocycles. The highest BCUT2D eigenvalue weighted by Gasteiger charge is 2.25. The van der Waals surface area contributed by atoms with Crippen molar-refractivity contribution in [2.75, 3.05) is 33.3 Å². The standard InChI is InChI=1S/C21H29N3O2/c1-16(17-6-5-7-18(14-17)25-2)24-12-10-23(11-13-24)15-20-19-8-3-4-9-21(19)26-22-20/h5-7,14,16H,3-4,8-13,15H2,1-2H3. The Morgan fingerprint density at radius 3 is 2.77 bits per heavy atom. The van der Waals surface area contributed by atoms with Crippen molar-refractivity contribution in [2.24, 2.45) is 0 Å². The van der Waals surface area contributed by atoms with Crippen LogP contribution in [0.3, 0.4) is 0 Å². The summed E-state index contributed by atoms with van der Waals surface area (Å²) in [6.07, 6.45) is 4.71. The number of hydrogen-bond acceptors (Lipinski definition) is 5. The number of ether oxygens (including phenoxy) is 1. The molecule has 1 aromatic carbocycles. The maximum atomic E-state index is 5.57. The molecule has 1 atom stereocenters. The quantitative estimate of drug-likeness (QED) is 0.822. The van der Waals surface area contributed by atoms with Crippen molar-refractivity contribution in [1.82, 2.24) is 15.0 Å². The molecule has 0 amide bonds. The number of rotatable bonds is 5. The summed E-state index contributed by atoms with van der Waals surface area (Å²) in [6, 6.07) is 8.84. The first-order valence-corrected chi connectivity index (χ1v) is 9.81. The van der Waals surface area contributed by atoms with E-state index in [4.69, 9.17) is 9.26 Å². The van der Waals surface area contributed by atoms with Crippen LogP contribution in [0.5, 0.6) is 5.75 Å². The highest BCUT2D eigenvalue weighted by molar-refractivity contribution is 5.30. The van der Waals surface area contributed by atoms with E-state index >= 15 is 0 Å². The van der Waals surface area contributed by atoms with E-state index in [1.165, 1.54) is 29.7 Å². The number of piperazine rings is 1. The topological polar surface area (TPSA) is 41.7 Å². The van der Waals surface area contributed by atoms with Crippen molar-refractivity contribution in [3.05, 3.63) is 46.8 Å². The van der Waals surface area contributed by atoms with Crippen LogP contribution in [0.25, 0.3) is 0 Å². The van der Waals surface area contributed by atoms with E-state index in [1.807, 2.05) is 6.07 Å². The minimum absolute atomic E-state index is 0.409. The van der Waals surface area contributed by atoms with Gasteiger partial charge in [-0.2, -0.15) is 0 Å². The molecule has 0 spiro atoms. The fraction of sp³-hybridized carbons (Fsp3) is 0.571. The smallest absolute Gasteiger partial charge is 0.140 e. The van der Waals surface area contributed by atoms with Gasteiger partial charge in [-0.15, -0.1) is 0 Å². The molecule has 4 rings (SSSR count). The summed E-state index contributed by atoms with van der Waals surface area (Å²) in [4.78, 5) is 5.07. The Morgan fingerprint density at radius 2 is 1.96 bits per heavy atom. The van der Waals surface area contributed by atoms with Crippen molar-refractivity contribution in [1.29, 1.82) is 0 Å². The monoisotopic (exact) mass is 355 g/mol. The van der Waals surface area contributed by atoms with Crippen molar-refractivity contribution in [2.45, 2.75) is 45.2 Å². The second-order valence-corrected chi connectivity index (χ2v) is 7.50. The van der Waals surface area contributed by atoms with Crippen LogP contribution in [0, 0.1) is 0 Å². The van der Waals surface area contributed by atoms with Gasteiger partial charge in [-0.05, 0) is 43.9 Å². The number of aromatic nitrogens is 1. The fourth-order valence-corrected chi connectivity index (χ4v) is 4.21. The molecule has 1 saturated heterocycles. The molecule has 1 aliphatic heterocycles. The van der Waals surface area contributed by atoms with Crippen LogP contribution < -0.4 is 4.74 Å². The predicted octanol–water partition coefficient (Wildman–Crippen LogP) is 3.44. The number of aryl methyl sites for hydroxylation is 1. The lowest BCUT2D eigenvalue weighted by Crippen LogP contribution is -2.46. The van der Waals surface area contributed by atoms with E-state index in [0.29, 0.717) is 6.04 Å². The molecule has 2 aromatic rings. The first-order valence-electron chi connectivity index (χ1n) is 9.81. The molecule has 0 N–H and O–H groups in total. The third-order valence-electron chi connectivity index (χ3n) is 5.94. The minimum Gasteiger partial charge on any atom is -0.497 e. The van der Waals surface area contributed by atoms with Crippen LogP contribution in [-0.2, 0) is 19.4 Å². The lowest BCUT2D eigenvalue weighted by molar-refractivity contribution is 0.0961. The van der Waals surface area contributed by atoms with Crippen molar-refractivity contribution in [3.63, 3.8) is 0 Å². The molecule has 2 heterocycles. The molecule has 2 aliphatic rings. The van der Waals surface area contributed by atoms with Crippen LogP contribution in [0.15, 0.2) is 28.8 Å². The molecule has 0 saturated carbocycles. The van der Waals surface area contributed by atoms with E-state index in [2.05, 4.69) is 40.1 Å². The maximum Gasteiger partial charge on any atom is 0.140 e. The van der Waals surface area contributed by atoms with Gasteiger partial charge < -0.3 is 9.26 Å². The first kappa shape index (κ1) is 17.6. The third-order valence-corrected chi connectivity index (χ3v) is 5.94. The number of fused-ring (bicyclic) bond motifs is 1. The summed E-state index contributed by atoms with van der Waals surface area (Å²) in [7, 11) is 1.73. The summed E-state index contributed by atoms with van der Waals surface area (Å²) in [5.41, 5.74) is 3.89. The second kappa shape index (κ2) is 7.80. The molecule has 5 heteroatoms. The highest BCUT2D eigenvalue weighted by atomic mass is 16.5.